The molecular formula is C20H25ClN4O5. The van der Waals surface area contributed by atoms with Gasteiger partial charge in [0.05, 0.1) is 11.1 Å². The first kappa shape index (κ1) is 23.5. The second kappa shape index (κ2) is 10.3. The van der Waals surface area contributed by atoms with Crippen molar-refractivity contribution in [1.29, 1.82) is 0 Å². The molecule has 0 aliphatic carbocycles. The van der Waals surface area contributed by atoms with Crippen molar-refractivity contribution in [2.75, 3.05) is 11.9 Å². The molecule has 1 aromatic carbocycles. The molecule has 9 nitrogen and oxygen atoms in total. The number of nitrogens with one attached hydrogen (secondary N) is 2. The van der Waals surface area contributed by atoms with E-state index in [2.05, 4.69) is 10.6 Å². The smallest absolute Gasteiger partial charge is 0.262 e. The molecule has 0 saturated carbocycles. The summed E-state index contributed by atoms with van der Waals surface area (Å²) in [5.41, 5.74) is 6.18. The van der Waals surface area contributed by atoms with Crippen LogP contribution in [0.15, 0.2) is 18.2 Å². The molecule has 0 radical (unpaired) electrons. The summed E-state index contributed by atoms with van der Waals surface area (Å²) in [6, 6.07) is 3.47. The van der Waals surface area contributed by atoms with Gasteiger partial charge in [0, 0.05) is 18.5 Å². The molecule has 3 rings (SSSR count). The van der Waals surface area contributed by atoms with Crippen molar-refractivity contribution in [3.8, 4) is 0 Å². The van der Waals surface area contributed by atoms with E-state index >= 15 is 0 Å². The molecule has 30 heavy (non-hydrogen) atoms. The maximum Gasteiger partial charge on any atom is 0.262 e. The average molecular weight is 437 g/mol. The minimum absolute atomic E-state index is 0. The number of amides is 5. The number of nitrogens with zero attached hydrogens (tertiary/aromatic N) is 1. The summed E-state index contributed by atoms with van der Waals surface area (Å²) in [6.45, 7) is 0.643. The number of fused-ring (bicyclic) bond motifs is 1. The van der Waals surface area contributed by atoms with Gasteiger partial charge in [-0.3, -0.25) is 34.2 Å². The Balaban J connectivity index is 0.00000320. The van der Waals surface area contributed by atoms with Crippen molar-refractivity contribution in [2.24, 2.45) is 5.73 Å². The summed E-state index contributed by atoms with van der Waals surface area (Å²) in [5, 5.41) is 4.89. The Kier molecular flexibility index (Phi) is 8.08. The maximum atomic E-state index is 12.8. The third-order valence-electron chi connectivity index (χ3n) is 5.08. The van der Waals surface area contributed by atoms with E-state index in [1.54, 1.807) is 6.07 Å². The van der Waals surface area contributed by atoms with Crippen LogP contribution in [0, 0.1) is 0 Å². The van der Waals surface area contributed by atoms with Crippen molar-refractivity contribution in [3.63, 3.8) is 0 Å². The zero-order valence-electron chi connectivity index (χ0n) is 16.4. The van der Waals surface area contributed by atoms with E-state index < -0.39 is 29.7 Å². The number of carbonyl (C=O) groups excluding carboxylic acids is 5. The molecule has 2 heterocycles. The number of anilines is 1. The fourth-order valence-electron chi connectivity index (χ4n) is 3.56. The van der Waals surface area contributed by atoms with Crippen LogP contribution in [0.1, 0.15) is 65.7 Å². The van der Waals surface area contributed by atoms with Gasteiger partial charge in [-0.25, -0.2) is 0 Å². The van der Waals surface area contributed by atoms with E-state index in [-0.39, 0.29) is 42.3 Å². The summed E-state index contributed by atoms with van der Waals surface area (Å²) in [5.74, 6) is -2.42. The van der Waals surface area contributed by atoms with Crippen molar-refractivity contribution in [2.45, 2.75) is 51.0 Å². The molecule has 2 aliphatic rings. The number of hydrogen-bond donors (Lipinski definition) is 3. The highest BCUT2D eigenvalue weighted by atomic mass is 35.5. The zero-order valence-corrected chi connectivity index (χ0v) is 17.3. The SMILES string of the molecule is Cl.NCCCCCCC(=O)Nc1ccc2c(c1)C(=O)N(C1CCC(=O)NC1=O)C2=O. The van der Waals surface area contributed by atoms with Gasteiger partial charge in [-0.2, -0.15) is 0 Å². The average Bonchev–Trinajstić information content (AvgIpc) is 2.92. The third-order valence-corrected chi connectivity index (χ3v) is 5.08. The van der Waals surface area contributed by atoms with E-state index in [1.165, 1.54) is 12.1 Å². The highest BCUT2D eigenvalue weighted by Crippen LogP contribution is 2.29. The van der Waals surface area contributed by atoms with Gasteiger partial charge in [-0.15, -0.1) is 12.4 Å². The highest BCUT2D eigenvalue weighted by molar-refractivity contribution is 6.23. The number of benzene rings is 1. The van der Waals surface area contributed by atoms with Crippen LogP contribution in [-0.4, -0.2) is 47.0 Å². The van der Waals surface area contributed by atoms with E-state index in [9.17, 15) is 24.0 Å². The Hall–Kier alpha value is -2.78. The second-order valence-electron chi connectivity index (χ2n) is 7.21. The first-order chi connectivity index (χ1) is 13.9. The van der Waals surface area contributed by atoms with Crippen LogP contribution in [0.4, 0.5) is 5.69 Å². The topological polar surface area (TPSA) is 139 Å². The Labute approximate surface area is 180 Å². The van der Waals surface area contributed by atoms with E-state index in [0.717, 1.165) is 30.6 Å². The largest absolute Gasteiger partial charge is 0.330 e. The molecule has 0 spiro atoms. The minimum Gasteiger partial charge on any atom is -0.330 e. The van der Waals surface area contributed by atoms with Crippen LogP contribution >= 0.6 is 12.4 Å². The number of rotatable bonds is 8. The van der Waals surface area contributed by atoms with Gasteiger partial charge in [0.15, 0.2) is 0 Å². The van der Waals surface area contributed by atoms with Crippen LogP contribution < -0.4 is 16.4 Å². The summed E-state index contributed by atoms with van der Waals surface area (Å²) in [7, 11) is 0. The Morgan fingerprint density at radius 3 is 2.47 bits per heavy atom. The lowest BCUT2D eigenvalue weighted by Crippen LogP contribution is -2.54. The first-order valence-corrected chi connectivity index (χ1v) is 9.78. The Morgan fingerprint density at radius 1 is 1.07 bits per heavy atom. The third kappa shape index (κ3) is 5.03. The van der Waals surface area contributed by atoms with Crippen molar-refractivity contribution in [3.05, 3.63) is 29.3 Å². The standard InChI is InChI=1S/C20H24N4O5.ClH/c21-10-4-2-1-3-5-16(25)22-12-6-7-13-14(11-12)20(29)24(19(13)28)15-8-9-17(26)23-18(15)27;/h6-7,11,15H,1-5,8-10,21H2,(H,22,25)(H,23,26,27);1H. The molecule has 0 aromatic heterocycles. The second-order valence-corrected chi connectivity index (χ2v) is 7.21. The highest BCUT2D eigenvalue weighted by Gasteiger charge is 2.44. The molecule has 162 valence electrons. The molecule has 1 atom stereocenters. The lowest BCUT2D eigenvalue weighted by atomic mass is 10.0. The van der Waals surface area contributed by atoms with Crippen LogP contribution in [0.25, 0.3) is 0 Å². The molecule has 4 N–H and O–H groups in total. The number of carbonyl (C=O) groups is 5. The van der Waals surface area contributed by atoms with Gasteiger partial charge in [0.25, 0.3) is 11.8 Å². The van der Waals surface area contributed by atoms with Crippen molar-refractivity contribution in [1.82, 2.24) is 10.2 Å². The summed E-state index contributed by atoms with van der Waals surface area (Å²) >= 11 is 0. The van der Waals surface area contributed by atoms with Crippen LogP contribution in [0.5, 0.6) is 0 Å². The lowest BCUT2D eigenvalue weighted by Gasteiger charge is -2.27. The summed E-state index contributed by atoms with van der Waals surface area (Å²) in [4.78, 5) is 61.8. The lowest BCUT2D eigenvalue weighted by molar-refractivity contribution is -0.136. The fourth-order valence-corrected chi connectivity index (χ4v) is 3.56. The van der Waals surface area contributed by atoms with Gasteiger partial charge >= 0.3 is 0 Å². The number of piperidine rings is 1. The van der Waals surface area contributed by atoms with Crippen LogP contribution in [0.2, 0.25) is 0 Å². The first-order valence-electron chi connectivity index (χ1n) is 9.78. The van der Waals surface area contributed by atoms with Crippen molar-refractivity contribution < 1.29 is 24.0 Å². The molecule has 5 amide bonds. The maximum absolute atomic E-state index is 12.8. The number of imide groups is 2. The molecule has 1 fully saturated rings. The van der Waals surface area contributed by atoms with Gasteiger partial charge in [0.1, 0.15) is 6.04 Å². The molecule has 1 saturated heterocycles. The summed E-state index contributed by atoms with van der Waals surface area (Å²) < 4.78 is 0. The zero-order chi connectivity index (χ0) is 21.0. The summed E-state index contributed by atoms with van der Waals surface area (Å²) in [6.07, 6.45) is 4.11. The van der Waals surface area contributed by atoms with Crippen LogP contribution in [0.3, 0.4) is 0 Å². The molecule has 1 unspecified atom stereocenters. The monoisotopic (exact) mass is 436 g/mol. The van der Waals surface area contributed by atoms with E-state index in [1.807, 2.05) is 0 Å². The fraction of sp³-hybridized carbons (Fsp3) is 0.450. The van der Waals surface area contributed by atoms with Gasteiger partial charge in [-0.05, 0) is 44.0 Å². The van der Waals surface area contributed by atoms with E-state index in [4.69, 9.17) is 5.73 Å². The normalized spacial score (nSPS) is 18.0. The molecule has 2 aliphatic heterocycles. The molecular weight excluding hydrogens is 412 g/mol. The molecule has 10 heteroatoms. The van der Waals surface area contributed by atoms with Gasteiger partial charge in [0.2, 0.25) is 17.7 Å². The van der Waals surface area contributed by atoms with Crippen LogP contribution in [-0.2, 0) is 14.4 Å². The van der Waals surface area contributed by atoms with Crippen molar-refractivity contribution >= 4 is 47.6 Å². The molecule has 0 bridgehead atoms. The number of hydrogen-bond acceptors (Lipinski definition) is 6. The predicted octanol–water partition coefficient (Wildman–Crippen LogP) is 1.36. The quantitative estimate of drug-likeness (QED) is 0.415. The molecule has 1 aromatic rings. The Morgan fingerprint density at radius 2 is 1.77 bits per heavy atom. The van der Waals surface area contributed by atoms with E-state index in [0.29, 0.717) is 18.7 Å². The Bertz CT molecular complexity index is 873. The number of nitrogens with two attached hydrogens (primary N) is 1. The number of halogens is 1. The predicted molar refractivity (Wildman–Crippen MR) is 111 cm³/mol. The van der Waals surface area contributed by atoms with Gasteiger partial charge < -0.3 is 11.1 Å². The van der Waals surface area contributed by atoms with Gasteiger partial charge in [-0.1, -0.05) is 12.8 Å². The number of unbranched alkanes of at least 4 members (excludes halogenated alkanes) is 3. The minimum atomic E-state index is -1.01.